The lowest BCUT2D eigenvalue weighted by molar-refractivity contribution is 0.0938. The number of hydrogen-bond donors (Lipinski definition) is 2. The van der Waals surface area contributed by atoms with Crippen LogP contribution in [0.4, 0.5) is 5.69 Å². The second kappa shape index (κ2) is 6.09. The maximum absolute atomic E-state index is 12.4. The monoisotopic (exact) mass is 260 g/mol. The van der Waals surface area contributed by atoms with E-state index in [2.05, 4.69) is 17.6 Å². The number of aryl methyl sites for hydroxylation is 1. The Balaban J connectivity index is 2.11. The minimum Gasteiger partial charge on any atom is -0.385 e. The molecule has 2 rings (SSSR count). The maximum atomic E-state index is 12.4. The number of anilines is 1. The van der Waals surface area contributed by atoms with Gasteiger partial charge in [0.2, 0.25) is 0 Å². The predicted molar refractivity (Wildman–Crippen MR) is 79.6 cm³/mol. The topological polar surface area (TPSA) is 41.1 Å². The van der Waals surface area contributed by atoms with Gasteiger partial charge in [-0.1, -0.05) is 18.6 Å². The first-order valence-corrected chi connectivity index (χ1v) is 7.25. The summed E-state index contributed by atoms with van der Waals surface area (Å²) in [4.78, 5) is 12.4. The fourth-order valence-electron chi connectivity index (χ4n) is 2.79. The Labute approximate surface area is 115 Å². The summed E-state index contributed by atoms with van der Waals surface area (Å²) in [5.74, 6) is 0.787. The first-order chi connectivity index (χ1) is 9.10. The van der Waals surface area contributed by atoms with E-state index in [1.807, 2.05) is 32.0 Å². The van der Waals surface area contributed by atoms with Crippen molar-refractivity contribution in [1.82, 2.24) is 5.32 Å². The van der Waals surface area contributed by atoms with Gasteiger partial charge in [0.15, 0.2) is 0 Å². The molecular formula is C16H24N2O. The molecule has 1 saturated carbocycles. The number of amides is 1. The van der Waals surface area contributed by atoms with Crippen LogP contribution in [0.2, 0.25) is 0 Å². The van der Waals surface area contributed by atoms with Gasteiger partial charge in [0.1, 0.15) is 0 Å². The molecule has 0 aromatic heterocycles. The summed E-state index contributed by atoms with van der Waals surface area (Å²) in [7, 11) is 0. The summed E-state index contributed by atoms with van der Waals surface area (Å²) in [6.07, 6.45) is 3.43. The van der Waals surface area contributed by atoms with Crippen LogP contribution in [0, 0.1) is 12.8 Å². The van der Waals surface area contributed by atoms with Crippen molar-refractivity contribution in [2.45, 2.75) is 46.1 Å². The van der Waals surface area contributed by atoms with Crippen molar-refractivity contribution in [3.8, 4) is 0 Å². The van der Waals surface area contributed by atoms with E-state index in [-0.39, 0.29) is 5.91 Å². The average molecular weight is 260 g/mol. The number of nitrogens with one attached hydrogen (secondary N) is 2. The van der Waals surface area contributed by atoms with Gasteiger partial charge in [-0.15, -0.1) is 0 Å². The molecule has 0 radical (unpaired) electrons. The van der Waals surface area contributed by atoms with E-state index in [0.717, 1.165) is 42.1 Å². The molecule has 0 spiro atoms. The SMILES string of the molecule is CCNc1ccc(C)cc1C(=O)NC1CCC(C)C1. The molecule has 3 heteroatoms. The summed E-state index contributed by atoms with van der Waals surface area (Å²) in [5, 5.41) is 6.43. The van der Waals surface area contributed by atoms with Gasteiger partial charge in [-0.3, -0.25) is 4.79 Å². The summed E-state index contributed by atoms with van der Waals surface area (Å²) in [5.41, 5.74) is 2.81. The van der Waals surface area contributed by atoms with Crippen LogP contribution in [0.5, 0.6) is 0 Å². The van der Waals surface area contributed by atoms with Gasteiger partial charge in [0, 0.05) is 18.3 Å². The van der Waals surface area contributed by atoms with Crippen LogP contribution >= 0.6 is 0 Å². The van der Waals surface area contributed by atoms with Crippen molar-refractivity contribution >= 4 is 11.6 Å². The number of carbonyl (C=O) groups is 1. The highest BCUT2D eigenvalue weighted by Crippen LogP contribution is 2.25. The third-order valence-electron chi connectivity index (χ3n) is 3.82. The molecule has 1 aromatic rings. The first kappa shape index (κ1) is 13.9. The first-order valence-electron chi connectivity index (χ1n) is 7.25. The zero-order chi connectivity index (χ0) is 13.8. The van der Waals surface area contributed by atoms with E-state index in [1.54, 1.807) is 0 Å². The zero-order valence-electron chi connectivity index (χ0n) is 12.1. The van der Waals surface area contributed by atoms with Gasteiger partial charge < -0.3 is 10.6 Å². The van der Waals surface area contributed by atoms with Crippen LogP contribution in [-0.2, 0) is 0 Å². The van der Waals surface area contributed by atoms with Crippen LogP contribution in [0.15, 0.2) is 18.2 Å². The predicted octanol–water partition coefficient (Wildman–Crippen LogP) is 3.35. The molecule has 1 aromatic carbocycles. The fraction of sp³-hybridized carbons (Fsp3) is 0.562. The van der Waals surface area contributed by atoms with Gasteiger partial charge >= 0.3 is 0 Å². The molecule has 1 aliphatic rings. The van der Waals surface area contributed by atoms with Crippen LogP contribution in [0.3, 0.4) is 0 Å². The standard InChI is InChI=1S/C16H24N2O/c1-4-17-15-8-6-12(3)10-14(15)16(19)18-13-7-5-11(2)9-13/h6,8,10-11,13,17H,4-5,7,9H2,1-3H3,(H,18,19). The van der Waals surface area contributed by atoms with Crippen LogP contribution < -0.4 is 10.6 Å². The fourth-order valence-corrected chi connectivity index (χ4v) is 2.79. The molecule has 104 valence electrons. The largest absolute Gasteiger partial charge is 0.385 e. The van der Waals surface area contributed by atoms with Crippen molar-refractivity contribution in [2.24, 2.45) is 5.92 Å². The molecule has 1 amide bonds. The molecule has 0 heterocycles. The normalized spacial score (nSPS) is 22.3. The molecule has 0 aliphatic heterocycles. The van der Waals surface area contributed by atoms with E-state index in [9.17, 15) is 4.79 Å². The number of carbonyl (C=O) groups excluding carboxylic acids is 1. The lowest BCUT2D eigenvalue weighted by Crippen LogP contribution is -2.33. The molecule has 0 bridgehead atoms. The Morgan fingerprint density at radius 2 is 2.16 bits per heavy atom. The smallest absolute Gasteiger partial charge is 0.253 e. The molecule has 2 atom stereocenters. The second-order valence-corrected chi connectivity index (χ2v) is 5.67. The lowest BCUT2D eigenvalue weighted by Gasteiger charge is -2.16. The van der Waals surface area contributed by atoms with Gasteiger partial charge in [0.25, 0.3) is 5.91 Å². The average Bonchev–Trinajstić information content (AvgIpc) is 2.77. The van der Waals surface area contributed by atoms with E-state index < -0.39 is 0 Å². The van der Waals surface area contributed by atoms with E-state index in [1.165, 1.54) is 6.42 Å². The highest BCUT2D eigenvalue weighted by atomic mass is 16.1. The molecule has 2 N–H and O–H groups in total. The maximum Gasteiger partial charge on any atom is 0.253 e. The Kier molecular flexibility index (Phi) is 4.46. The molecule has 3 nitrogen and oxygen atoms in total. The van der Waals surface area contributed by atoms with Gasteiger partial charge in [-0.25, -0.2) is 0 Å². The van der Waals surface area contributed by atoms with Gasteiger partial charge in [-0.2, -0.15) is 0 Å². The van der Waals surface area contributed by atoms with Crippen molar-refractivity contribution in [1.29, 1.82) is 0 Å². The lowest BCUT2D eigenvalue weighted by atomic mass is 10.1. The van der Waals surface area contributed by atoms with Crippen molar-refractivity contribution in [3.05, 3.63) is 29.3 Å². The minimum atomic E-state index is 0.0544. The van der Waals surface area contributed by atoms with Gasteiger partial charge in [-0.05, 0) is 51.2 Å². The van der Waals surface area contributed by atoms with Crippen LogP contribution in [-0.4, -0.2) is 18.5 Å². The quantitative estimate of drug-likeness (QED) is 0.871. The molecule has 0 saturated heterocycles. The number of benzene rings is 1. The third kappa shape index (κ3) is 3.49. The summed E-state index contributed by atoms with van der Waals surface area (Å²) in [6.45, 7) is 7.14. The third-order valence-corrected chi connectivity index (χ3v) is 3.82. The molecule has 1 fully saturated rings. The van der Waals surface area contributed by atoms with Crippen molar-refractivity contribution in [2.75, 3.05) is 11.9 Å². The van der Waals surface area contributed by atoms with Crippen molar-refractivity contribution < 1.29 is 4.79 Å². The Hall–Kier alpha value is -1.51. The highest BCUT2D eigenvalue weighted by molar-refractivity contribution is 6.00. The molecular weight excluding hydrogens is 236 g/mol. The van der Waals surface area contributed by atoms with E-state index >= 15 is 0 Å². The Morgan fingerprint density at radius 1 is 1.37 bits per heavy atom. The number of rotatable bonds is 4. The summed E-state index contributed by atoms with van der Waals surface area (Å²) >= 11 is 0. The highest BCUT2D eigenvalue weighted by Gasteiger charge is 2.23. The summed E-state index contributed by atoms with van der Waals surface area (Å²) < 4.78 is 0. The van der Waals surface area contributed by atoms with E-state index in [4.69, 9.17) is 0 Å². The molecule has 1 aliphatic carbocycles. The van der Waals surface area contributed by atoms with Crippen LogP contribution in [0.25, 0.3) is 0 Å². The Morgan fingerprint density at radius 3 is 2.79 bits per heavy atom. The zero-order valence-corrected chi connectivity index (χ0v) is 12.1. The van der Waals surface area contributed by atoms with Crippen LogP contribution in [0.1, 0.15) is 49.0 Å². The summed E-state index contributed by atoms with van der Waals surface area (Å²) in [6, 6.07) is 6.33. The Bertz CT molecular complexity index is 456. The van der Waals surface area contributed by atoms with Crippen molar-refractivity contribution in [3.63, 3.8) is 0 Å². The van der Waals surface area contributed by atoms with E-state index in [0.29, 0.717) is 6.04 Å². The molecule has 19 heavy (non-hydrogen) atoms. The molecule has 2 unspecified atom stereocenters. The second-order valence-electron chi connectivity index (χ2n) is 5.67. The number of hydrogen-bond acceptors (Lipinski definition) is 2. The minimum absolute atomic E-state index is 0.0544. The van der Waals surface area contributed by atoms with Gasteiger partial charge in [0.05, 0.1) is 5.56 Å².